The number of hydrogen-bond donors (Lipinski definition) is 1. The van der Waals surface area contributed by atoms with Gasteiger partial charge in [-0.15, -0.1) is 0 Å². The number of piperidine rings is 1. The van der Waals surface area contributed by atoms with E-state index in [-0.39, 0.29) is 29.9 Å². The molecule has 1 saturated heterocycles. The maximum atomic E-state index is 13.7. The average molecular weight is 355 g/mol. The first-order valence-corrected chi connectivity index (χ1v) is 8.55. The van der Waals surface area contributed by atoms with Crippen molar-refractivity contribution in [1.82, 2.24) is 24.4 Å². The topological polar surface area (TPSA) is 83.9 Å². The molecule has 0 saturated carbocycles. The van der Waals surface area contributed by atoms with Gasteiger partial charge in [0.15, 0.2) is 5.65 Å². The molecule has 0 bridgehead atoms. The highest BCUT2D eigenvalue weighted by atomic mass is 19.1. The summed E-state index contributed by atoms with van der Waals surface area (Å²) in [6.07, 6.45) is 4.35. The molecule has 1 N–H and O–H groups in total. The molecule has 4 rings (SSSR count). The summed E-state index contributed by atoms with van der Waals surface area (Å²) in [6.45, 7) is 1.06. The van der Waals surface area contributed by atoms with Crippen LogP contribution in [0.5, 0.6) is 0 Å². The van der Waals surface area contributed by atoms with Gasteiger partial charge in [0.1, 0.15) is 17.7 Å². The van der Waals surface area contributed by atoms with Gasteiger partial charge in [-0.05, 0) is 24.5 Å². The zero-order valence-corrected chi connectivity index (χ0v) is 14.1. The van der Waals surface area contributed by atoms with Crippen LogP contribution in [0.3, 0.4) is 0 Å². The van der Waals surface area contributed by atoms with Gasteiger partial charge in [-0.2, -0.15) is 0 Å². The van der Waals surface area contributed by atoms with E-state index < -0.39 is 0 Å². The molecule has 1 aliphatic rings. The van der Waals surface area contributed by atoms with Crippen molar-refractivity contribution in [3.05, 3.63) is 58.7 Å². The number of amides is 1. The first kappa shape index (κ1) is 16.4. The number of aromatic amines is 1. The number of hydrogen-bond acceptors (Lipinski definition) is 4. The highest BCUT2D eigenvalue weighted by Crippen LogP contribution is 2.24. The summed E-state index contributed by atoms with van der Waals surface area (Å²) in [5.41, 5.74) is 1.39. The molecule has 0 radical (unpaired) electrons. The fourth-order valence-corrected chi connectivity index (χ4v) is 3.50. The van der Waals surface area contributed by atoms with Crippen molar-refractivity contribution in [3.63, 3.8) is 0 Å². The summed E-state index contributed by atoms with van der Waals surface area (Å²) in [6, 6.07) is 6.30. The molecule has 3 heterocycles. The number of benzene rings is 1. The van der Waals surface area contributed by atoms with E-state index in [0.717, 1.165) is 0 Å². The standard InChI is InChI=1S/C18H18FN5O2/c19-14-4-2-1-3-12(14)9-16(25)23-7-5-13(6-8-23)24-17-15(22-18(24)26)10-20-11-21-17/h1-4,10-11,13H,5-9H2,(H,22,26). The molecule has 0 atom stereocenters. The van der Waals surface area contributed by atoms with E-state index in [4.69, 9.17) is 0 Å². The number of carbonyl (C=O) groups excluding carboxylic acids is 1. The van der Waals surface area contributed by atoms with Crippen LogP contribution in [-0.4, -0.2) is 43.4 Å². The Morgan fingerprint density at radius 2 is 2.04 bits per heavy atom. The fourth-order valence-electron chi connectivity index (χ4n) is 3.50. The van der Waals surface area contributed by atoms with Crippen LogP contribution in [0.25, 0.3) is 11.2 Å². The minimum atomic E-state index is -0.360. The Kier molecular flexibility index (Phi) is 4.24. The summed E-state index contributed by atoms with van der Waals surface area (Å²) < 4.78 is 15.4. The largest absolute Gasteiger partial charge is 0.342 e. The number of halogens is 1. The van der Waals surface area contributed by atoms with Gasteiger partial charge in [0.2, 0.25) is 5.91 Å². The summed E-state index contributed by atoms with van der Waals surface area (Å²) in [5.74, 6) is -0.456. The van der Waals surface area contributed by atoms with Gasteiger partial charge in [-0.25, -0.2) is 19.2 Å². The normalized spacial score (nSPS) is 15.5. The van der Waals surface area contributed by atoms with Crippen LogP contribution in [-0.2, 0) is 11.2 Å². The van der Waals surface area contributed by atoms with Crippen molar-refractivity contribution >= 4 is 17.1 Å². The Labute approximate surface area is 148 Å². The molecule has 134 valence electrons. The fraction of sp³-hybridized carbons (Fsp3) is 0.333. The number of nitrogens with one attached hydrogen (secondary N) is 1. The van der Waals surface area contributed by atoms with Crippen molar-refractivity contribution < 1.29 is 9.18 Å². The molecule has 3 aromatic rings. The summed E-state index contributed by atoms with van der Waals surface area (Å²) in [7, 11) is 0. The third kappa shape index (κ3) is 2.98. The summed E-state index contributed by atoms with van der Waals surface area (Å²) in [4.78, 5) is 37.3. The van der Waals surface area contributed by atoms with Crippen molar-refractivity contribution in [2.45, 2.75) is 25.3 Å². The maximum Gasteiger partial charge on any atom is 0.327 e. The zero-order valence-electron chi connectivity index (χ0n) is 14.1. The molecule has 1 fully saturated rings. The Hall–Kier alpha value is -3.03. The van der Waals surface area contributed by atoms with Crippen LogP contribution in [0.15, 0.2) is 41.6 Å². The second-order valence-corrected chi connectivity index (χ2v) is 6.44. The van der Waals surface area contributed by atoms with Gasteiger partial charge in [-0.1, -0.05) is 18.2 Å². The Bertz CT molecular complexity index is 1000. The lowest BCUT2D eigenvalue weighted by atomic mass is 10.0. The molecule has 0 spiro atoms. The highest BCUT2D eigenvalue weighted by Gasteiger charge is 2.26. The number of likely N-dealkylation sites (tertiary alicyclic amines) is 1. The number of carbonyl (C=O) groups is 1. The number of imidazole rings is 1. The second kappa shape index (κ2) is 6.70. The Morgan fingerprint density at radius 1 is 1.27 bits per heavy atom. The number of rotatable bonds is 3. The van der Waals surface area contributed by atoms with Crippen LogP contribution < -0.4 is 5.69 Å². The van der Waals surface area contributed by atoms with Crippen LogP contribution in [0.1, 0.15) is 24.4 Å². The monoisotopic (exact) mass is 355 g/mol. The van der Waals surface area contributed by atoms with E-state index >= 15 is 0 Å². The minimum Gasteiger partial charge on any atom is -0.342 e. The first-order chi connectivity index (χ1) is 12.6. The van der Waals surface area contributed by atoms with E-state index in [1.54, 1.807) is 33.9 Å². The lowest BCUT2D eigenvalue weighted by Gasteiger charge is -2.32. The number of nitrogens with zero attached hydrogens (tertiary/aromatic N) is 4. The molecule has 7 nitrogen and oxygen atoms in total. The van der Waals surface area contributed by atoms with Gasteiger partial charge in [0, 0.05) is 19.1 Å². The second-order valence-electron chi connectivity index (χ2n) is 6.44. The molecule has 8 heteroatoms. The smallest absolute Gasteiger partial charge is 0.327 e. The van der Waals surface area contributed by atoms with Gasteiger partial charge in [0.05, 0.1) is 12.6 Å². The van der Waals surface area contributed by atoms with Gasteiger partial charge in [0.25, 0.3) is 0 Å². The van der Waals surface area contributed by atoms with Crippen molar-refractivity contribution in [2.24, 2.45) is 0 Å². The average Bonchev–Trinajstić information content (AvgIpc) is 2.99. The Morgan fingerprint density at radius 3 is 2.81 bits per heavy atom. The number of fused-ring (bicyclic) bond motifs is 1. The summed E-state index contributed by atoms with van der Waals surface area (Å²) >= 11 is 0. The number of aromatic nitrogens is 4. The van der Waals surface area contributed by atoms with Gasteiger partial charge >= 0.3 is 5.69 Å². The van der Waals surface area contributed by atoms with Gasteiger partial charge in [-0.3, -0.25) is 9.36 Å². The molecular weight excluding hydrogens is 337 g/mol. The van der Waals surface area contributed by atoms with Crippen molar-refractivity contribution in [2.75, 3.05) is 13.1 Å². The number of H-pyrrole nitrogens is 1. The van der Waals surface area contributed by atoms with E-state index in [2.05, 4.69) is 15.0 Å². The minimum absolute atomic E-state index is 0.0244. The van der Waals surface area contributed by atoms with E-state index in [9.17, 15) is 14.0 Å². The third-order valence-corrected chi connectivity index (χ3v) is 4.86. The van der Waals surface area contributed by atoms with Crippen molar-refractivity contribution in [3.8, 4) is 0 Å². The molecule has 1 aliphatic heterocycles. The lowest BCUT2D eigenvalue weighted by Crippen LogP contribution is -2.41. The molecule has 2 aromatic heterocycles. The van der Waals surface area contributed by atoms with Crippen LogP contribution in [0.2, 0.25) is 0 Å². The third-order valence-electron chi connectivity index (χ3n) is 4.86. The lowest BCUT2D eigenvalue weighted by molar-refractivity contribution is -0.131. The molecule has 0 unspecified atom stereocenters. The van der Waals surface area contributed by atoms with Gasteiger partial charge < -0.3 is 9.88 Å². The van der Waals surface area contributed by atoms with Crippen LogP contribution in [0.4, 0.5) is 4.39 Å². The quantitative estimate of drug-likeness (QED) is 0.775. The van der Waals surface area contributed by atoms with E-state index in [1.165, 1.54) is 12.4 Å². The predicted molar refractivity (Wildman–Crippen MR) is 93.1 cm³/mol. The van der Waals surface area contributed by atoms with E-state index in [0.29, 0.717) is 42.7 Å². The predicted octanol–water partition coefficient (Wildman–Crippen LogP) is 1.66. The highest BCUT2D eigenvalue weighted by molar-refractivity contribution is 5.79. The molecule has 1 amide bonds. The maximum absolute atomic E-state index is 13.7. The van der Waals surface area contributed by atoms with Crippen LogP contribution in [0, 0.1) is 5.82 Å². The SMILES string of the molecule is O=C(Cc1ccccc1F)N1CCC(n2c(=O)[nH]c3cncnc32)CC1. The van der Waals surface area contributed by atoms with E-state index in [1.807, 2.05) is 0 Å². The van der Waals surface area contributed by atoms with Crippen LogP contribution >= 0.6 is 0 Å². The zero-order chi connectivity index (χ0) is 18.1. The molecule has 1 aromatic carbocycles. The first-order valence-electron chi connectivity index (χ1n) is 8.55. The summed E-state index contributed by atoms with van der Waals surface area (Å²) in [5, 5.41) is 0. The molecular formula is C18H18FN5O2. The molecule has 0 aliphatic carbocycles. The van der Waals surface area contributed by atoms with Crippen molar-refractivity contribution in [1.29, 1.82) is 0 Å². The molecule has 26 heavy (non-hydrogen) atoms. The Balaban J connectivity index is 1.45.